The average molecular weight is 387 g/mol. The van der Waals surface area contributed by atoms with E-state index in [9.17, 15) is 9.18 Å². The van der Waals surface area contributed by atoms with Gasteiger partial charge in [0.05, 0.1) is 5.69 Å². The molecule has 1 fully saturated rings. The maximum atomic E-state index is 13.0. The van der Waals surface area contributed by atoms with Gasteiger partial charge in [-0.25, -0.2) is 9.37 Å². The second-order valence-electron chi connectivity index (χ2n) is 7.00. The highest BCUT2D eigenvalue weighted by Gasteiger charge is 2.23. The molecule has 1 saturated heterocycles. The van der Waals surface area contributed by atoms with E-state index in [-0.39, 0.29) is 17.6 Å². The van der Waals surface area contributed by atoms with E-state index in [2.05, 4.69) is 20.2 Å². The molecule has 0 aliphatic carbocycles. The molecule has 0 radical (unpaired) electrons. The number of benzene rings is 1. The summed E-state index contributed by atoms with van der Waals surface area (Å²) in [5.74, 6) is 1.03. The van der Waals surface area contributed by atoms with Crippen LogP contribution in [0.25, 0.3) is 11.5 Å². The molecule has 0 saturated carbocycles. The number of primary amides is 1. The summed E-state index contributed by atoms with van der Waals surface area (Å²) in [6, 6.07) is 6.05. The molecule has 1 unspecified atom stereocenters. The van der Waals surface area contributed by atoms with E-state index in [1.54, 1.807) is 25.4 Å². The molecular formula is C20H26FN5O2. The predicted octanol–water partition coefficient (Wildman–Crippen LogP) is 2.19. The van der Waals surface area contributed by atoms with Crippen LogP contribution in [0.4, 0.5) is 4.39 Å². The summed E-state index contributed by atoms with van der Waals surface area (Å²) in [5, 5.41) is 3.35. The van der Waals surface area contributed by atoms with E-state index in [1.807, 2.05) is 0 Å². The molecule has 150 valence electrons. The number of guanidine groups is 1. The molecule has 0 spiro atoms. The summed E-state index contributed by atoms with van der Waals surface area (Å²) in [5.41, 5.74) is 6.89. The van der Waals surface area contributed by atoms with Crippen molar-refractivity contribution in [2.75, 3.05) is 26.7 Å². The number of aliphatic imine (C=N–C) groups is 1. The summed E-state index contributed by atoms with van der Waals surface area (Å²) >= 11 is 0. The number of nitrogens with two attached hydrogens (primary N) is 1. The van der Waals surface area contributed by atoms with E-state index in [1.165, 1.54) is 12.1 Å². The number of halogens is 1. The van der Waals surface area contributed by atoms with Crippen molar-refractivity contribution < 1.29 is 13.6 Å². The lowest BCUT2D eigenvalue weighted by Crippen LogP contribution is -2.47. The largest absolute Gasteiger partial charge is 0.444 e. The minimum Gasteiger partial charge on any atom is -0.444 e. The van der Waals surface area contributed by atoms with Gasteiger partial charge in [0.2, 0.25) is 11.8 Å². The molecule has 1 amide bonds. The van der Waals surface area contributed by atoms with Crippen molar-refractivity contribution in [1.29, 1.82) is 0 Å². The van der Waals surface area contributed by atoms with Crippen molar-refractivity contribution in [1.82, 2.24) is 15.2 Å². The SMILES string of the molecule is CN=C(NCCc1coc(-c2ccc(F)cc2)n1)N1CCCC(CC(N)=O)C1. The van der Waals surface area contributed by atoms with Gasteiger partial charge in [-0.3, -0.25) is 9.79 Å². The van der Waals surface area contributed by atoms with E-state index in [4.69, 9.17) is 10.2 Å². The minimum absolute atomic E-state index is 0.252. The summed E-state index contributed by atoms with van der Waals surface area (Å²) < 4.78 is 18.5. The molecule has 3 rings (SSSR count). The second-order valence-corrected chi connectivity index (χ2v) is 7.00. The van der Waals surface area contributed by atoms with Crippen LogP contribution in [0.2, 0.25) is 0 Å². The standard InChI is InChI=1S/C20H26FN5O2/c1-23-20(26-10-2-3-14(12-26)11-18(22)27)24-9-8-17-13-28-19(25-17)15-4-6-16(21)7-5-15/h4-7,13-14H,2-3,8-12H2,1H3,(H2,22,27)(H,23,24). The van der Waals surface area contributed by atoms with Crippen LogP contribution in [0.15, 0.2) is 39.9 Å². The third-order valence-electron chi connectivity index (χ3n) is 4.83. The lowest BCUT2D eigenvalue weighted by Gasteiger charge is -2.34. The van der Waals surface area contributed by atoms with Gasteiger partial charge in [-0.2, -0.15) is 0 Å². The zero-order valence-corrected chi connectivity index (χ0v) is 16.0. The Labute approximate surface area is 163 Å². The molecule has 8 heteroatoms. The van der Waals surface area contributed by atoms with Gasteiger partial charge in [-0.15, -0.1) is 0 Å². The Morgan fingerprint density at radius 1 is 1.43 bits per heavy atom. The van der Waals surface area contributed by atoms with E-state index in [0.717, 1.165) is 43.1 Å². The molecule has 1 aromatic heterocycles. The van der Waals surface area contributed by atoms with Gasteiger partial charge in [-0.1, -0.05) is 0 Å². The highest BCUT2D eigenvalue weighted by atomic mass is 19.1. The van der Waals surface area contributed by atoms with Gasteiger partial charge in [0, 0.05) is 45.1 Å². The number of carbonyl (C=O) groups excluding carboxylic acids is 1. The second kappa shape index (κ2) is 9.34. The van der Waals surface area contributed by atoms with Gasteiger partial charge in [-0.05, 0) is 43.0 Å². The first-order chi connectivity index (χ1) is 13.5. The smallest absolute Gasteiger partial charge is 0.226 e. The zero-order valence-electron chi connectivity index (χ0n) is 16.0. The van der Waals surface area contributed by atoms with Gasteiger partial charge in [0.15, 0.2) is 5.96 Å². The van der Waals surface area contributed by atoms with Crippen LogP contribution in [-0.2, 0) is 11.2 Å². The molecule has 2 aromatic rings. The molecule has 28 heavy (non-hydrogen) atoms. The molecule has 2 heterocycles. The Balaban J connectivity index is 1.51. The predicted molar refractivity (Wildman–Crippen MR) is 105 cm³/mol. The highest BCUT2D eigenvalue weighted by Crippen LogP contribution is 2.20. The zero-order chi connectivity index (χ0) is 19.9. The molecule has 1 atom stereocenters. The number of hydrogen-bond donors (Lipinski definition) is 2. The Kier molecular flexibility index (Phi) is 6.62. The number of rotatable bonds is 6. The Bertz CT molecular complexity index is 818. The lowest BCUT2D eigenvalue weighted by atomic mass is 9.95. The number of piperidine rings is 1. The fraction of sp³-hybridized carbons (Fsp3) is 0.450. The van der Waals surface area contributed by atoms with Crippen molar-refractivity contribution in [3.8, 4) is 11.5 Å². The first kappa shape index (κ1) is 19.9. The molecule has 7 nitrogen and oxygen atoms in total. The van der Waals surface area contributed by atoms with Crippen LogP contribution in [0, 0.1) is 11.7 Å². The number of likely N-dealkylation sites (tertiary alicyclic amines) is 1. The number of carbonyl (C=O) groups is 1. The molecule has 1 aromatic carbocycles. The molecule has 1 aliphatic rings. The van der Waals surface area contributed by atoms with Crippen molar-refractivity contribution in [3.63, 3.8) is 0 Å². The van der Waals surface area contributed by atoms with Crippen molar-refractivity contribution >= 4 is 11.9 Å². The first-order valence-corrected chi connectivity index (χ1v) is 9.49. The van der Waals surface area contributed by atoms with Crippen LogP contribution < -0.4 is 11.1 Å². The highest BCUT2D eigenvalue weighted by molar-refractivity contribution is 5.80. The van der Waals surface area contributed by atoms with Crippen LogP contribution >= 0.6 is 0 Å². The van der Waals surface area contributed by atoms with Crippen LogP contribution in [0.5, 0.6) is 0 Å². The van der Waals surface area contributed by atoms with Crippen molar-refractivity contribution in [3.05, 3.63) is 42.0 Å². The normalized spacial score (nSPS) is 17.6. The number of nitrogens with zero attached hydrogens (tertiary/aromatic N) is 3. The number of amides is 1. The molecular weight excluding hydrogens is 361 g/mol. The maximum Gasteiger partial charge on any atom is 0.226 e. The molecule has 3 N–H and O–H groups in total. The number of hydrogen-bond acceptors (Lipinski definition) is 4. The monoisotopic (exact) mass is 387 g/mol. The van der Waals surface area contributed by atoms with E-state index < -0.39 is 0 Å². The Morgan fingerprint density at radius 3 is 2.93 bits per heavy atom. The Hall–Kier alpha value is -2.90. The summed E-state index contributed by atoms with van der Waals surface area (Å²) in [6.07, 6.45) is 4.73. The van der Waals surface area contributed by atoms with Crippen molar-refractivity contribution in [2.45, 2.75) is 25.7 Å². The fourth-order valence-electron chi connectivity index (χ4n) is 3.49. The van der Waals surface area contributed by atoms with Crippen LogP contribution in [-0.4, -0.2) is 48.4 Å². The third kappa shape index (κ3) is 5.31. The van der Waals surface area contributed by atoms with Gasteiger partial charge < -0.3 is 20.4 Å². The summed E-state index contributed by atoms with van der Waals surface area (Å²) in [4.78, 5) is 22.2. The van der Waals surface area contributed by atoms with Gasteiger partial charge in [0.25, 0.3) is 0 Å². The number of nitrogens with one attached hydrogen (secondary N) is 1. The Morgan fingerprint density at radius 2 is 2.21 bits per heavy atom. The lowest BCUT2D eigenvalue weighted by molar-refractivity contribution is -0.119. The fourth-order valence-corrected chi connectivity index (χ4v) is 3.49. The number of aromatic nitrogens is 1. The average Bonchev–Trinajstić information content (AvgIpc) is 3.14. The quantitative estimate of drug-likeness (QED) is 0.585. The minimum atomic E-state index is -0.290. The van der Waals surface area contributed by atoms with Gasteiger partial charge in [0.1, 0.15) is 12.1 Å². The van der Waals surface area contributed by atoms with E-state index in [0.29, 0.717) is 25.3 Å². The number of oxazole rings is 1. The third-order valence-corrected chi connectivity index (χ3v) is 4.83. The molecule has 0 bridgehead atoms. The first-order valence-electron chi connectivity index (χ1n) is 9.49. The van der Waals surface area contributed by atoms with Crippen LogP contribution in [0.1, 0.15) is 25.0 Å². The van der Waals surface area contributed by atoms with E-state index >= 15 is 0 Å². The van der Waals surface area contributed by atoms with Crippen LogP contribution in [0.3, 0.4) is 0 Å². The summed E-state index contributed by atoms with van der Waals surface area (Å²) in [7, 11) is 1.75. The van der Waals surface area contributed by atoms with Gasteiger partial charge >= 0.3 is 0 Å². The van der Waals surface area contributed by atoms with Crippen molar-refractivity contribution in [2.24, 2.45) is 16.6 Å². The summed E-state index contributed by atoms with van der Waals surface area (Å²) in [6.45, 7) is 2.34. The molecule has 1 aliphatic heterocycles. The topological polar surface area (TPSA) is 96.8 Å². The maximum absolute atomic E-state index is 13.0.